The maximum absolute atomic E-state index is 5.73. The van der Waals surface area contributed by atoms with Crippen LogP contribution in [0.4, 0.5) is 5.82 Å². The van der Waals surface area contributed by atoms with E-state index in [0.29, 0.717) is 17.6 Å². The molecule has 0 aromatic carbocycles. The van der Waals surface area contributed by atoms with E-state index < -0.39 is 0 Å². The molecule has 1 aromatic rings. The van der Waals surface area contributed by atoms with E-state index in [1.807, 2.05) is 0 Å². The third-order valence-electron chi connectivity index (χ3n) is 2.25. The predicted octanol–water partition coefficient (Wildman–Crippen LogP) is 1.72. The van der Waals surface area contributed by atoms with Crippen molar-refractivity contribution in [3.8, 4) is 0 Å². The molecule has 2 heterocycles. The van der Waals surface area contributed by atoms with Gasteiger partial charge in [0.2, 0.25) is 0 Å². The highest BCUT2D eigenvalue weighted by atomic mass is 35.5. The average Bonchev–Trinajstić information content (AvgIpc) is 2.51. The summed E-state index contributed by atoms with van der Waals surface area (Å²) in [5.41, 5.74) is -0.0423. The van der Waals surface area contributed by atoms with Crippen molar-refractivity contribution in [2.75, 3.05) is 18.5 Å². The Hall–Kier alpha value is -0.870. The van der Waals surface area contributed by atoms with E-state index in [4.69, 9.17) is 16.3 Å². The van der Waals surface area contributed by atoms with Crippen LogP contribution < -0.4 is 5.32 Å². The van der Waals surface area contributed by atoms with Gasteiger partial charge in [-0.05, 0) is 13.3 Å². The third kappa shape index (κ3) is 2.13. The van der Waals surface area contributed by atoms with Crippen LogP contribution in [-0.4, -0.2) is 28.7 Å². The average molecular weight is 214 g/mol. The molecule has 0 radical (unpaired) electrons. The minimum absolute atomic E-state index is 0.0423. The molecule has 1 aliphatic rings. The zero-order valence-electron chi connectivity index (χ0n) is 7.96. The smallest absolute Gasteiger partial charge is 0.149 e. The molecule has 1 aromatic heterocycles. The number of hydrogen-bond donors (Lipinski definition) is 1. The van der Waals surface area contributed by atoms with E-state index in [2.05, 4.69) is 22.2 Å². The molecule has 76 valence electrons. The van der Waals surface area contributed by atoms with Gasteiger partial charge in [-0.25, -0.2) is 4.98 Å². The fourth-order valence-electron chi connectivity index (χ4n) is 1.48. The molecule has 0 bridgehead atoms. The minimum atomic E-state index is -0.0423. The molecule has 2 rings (SSSR count). The van der Waals surface area contributed by atoms with Crippen LogP contribution in [0.15, 0.2) is 12.4 Å². The molecule has 0 saturated carbocycles. The lowest BCUT2D eigenvalue weighted by Crippen LogP contribution is -2.35. The van der Waals surface area contributed by atoms with E-state index >= 15 is 0 Å². The molecule has 1 aliphatic heterocycles. The van der Waals surface area contributed by atoms with Crippen LogP contribution in [0.5, 0.6) is 0 Å². The summed E-state index contributed by atoms with van der Waals surface area (Å²) in [5, 5.41) is 3.68. The van der Waals surface area contributed by atoms with E-state index in [9.17, 15) is 0 Å². The van der Waals surface area contributed by atoms with Gasteiger partial charge >= 0.3 is 0 Å². The summed E-state index contributed by atoms with van der Waals surface area (Å²) in [7, 11) is 0. The van der Waals surface area contributed by atoms with Crippen LogP contribution in [0.1, 0.15) is 13.3 Å². The van der Waals surface area contributed by atoms with Crippen LogP contribution >= 0.6 is 11.6 Å². The van der Waals surface area contributed by atoms with Gasteiger partial charge in [-0.2, -0.15) is 0 Å². The zero-order valence-corrected chi connectivity index (χ0v) is 8.71. The number of aromatic nitrogens is 2. The Balaban J connectivity index is 2.10. The lowest BCUT2D eigenvalue weighted by Gasteiger charge is -2.23. The SMILES string of the molecule is CC1(Nc2cncc(Cl)n2)CCOC1. The van der Waals surface area contributed by atoms with Gasteiger partial charge in [0.25, 0.3) is 0 Å². The van der Waals surface area contributed by atoms with Crippen LogP contribution in [0, 0.1) is 0 Å². The van der Waals surface area contributed by atoms with Crippen molar-refractivity contribution in [1.82, 2.24) is 9.97 Å². The Kier molecular flexibility index (Phi) is 2.56. The van der Waals surface area contributed by atoms with Gasteiger partial charge in [-0.1, -0.05) is 11.6 Å². The molecule has 0 spiro atoms. The highest BCUT2D eigenvalue weighted by Gasteiger charge is 2.29. The molecular weight excluding hydrogens is 202 g/mol. The van der Waals surface area contributed by atoms with Crippen LogP contribution in [-0.2, 0) is 4.74 Å². The number of nitrogens with zero attached hydrogens (tertiary/aromatic N) is 2. The maximum Gasteiger partial charge on any atom is 0.149 e. The minimum Gasteiger partial charge on any atom is -0.379 e. The van der Waals surface area contributed by atoms with Gasteiger partial charge in [0.1, 0.15) is 11.0 Å². The normalized spacial score (nSPS) is 26.4. The fraction of sp³-hybridized carbons (Fsp3) is 0.556. The van der Waals surface area contributed by atoms with Crippen LogP contribution in [0.3, 0.4) is 0 Å². The molecule has 1 saturated heterocycles. The molecule has 0 aliphatic carbocycles. The second-order valence-electron chi connectivity index (χ2n) is 3.72. The molecule has 1 unspecified atom stereocenters. The third-order valence-corrected chi connectivity index (χ3v) is 2.44. The van der Waals surface area contributed by atoms with Crippen molar-refractivity contribution in [3.05, 3.63) is 17.5 Å². The van der Waals surface area contributed by atoms with E-state index in [-0.39, 0.29) is 5.54 Å². The summed E-state index contributed by atoms with van der Waals surface area (Å²) in [6, 6.07) is 0. The molecule has 0 amide bonds. The van der Waals surface area contributed by atoms with Crippen molar-refractivity contribution in [3.63, 3.8) is 0 Å². The summed E-state index contributed by atoms with van der Waals surface area (Å²) >= 11 is 5.73. The number of rotatable bonds is 2. The molecule has 1 atom stereocenters. The number of hydrogen-bond acceptors (Lipinski definition) is 4. The number of nitrogens with one attached hydrogen (secondary N) is 1. The highest BCUT2D eigenvalue weighted by molar-refractivity contribution is 6.29. The Morgan fingerprint density at radius 3 is 3.07 bits per heavy atom. The fourth-order valence-corrected chi connectivity index (χ4v) is 1.62. The number of anilines is 1. The van der Waals surface area contributed by atoms with Crippen LogP contribution in [0.25, 0.3) is 0 Å². The predicted molar refractivity (Wildman–Crippen MR) is 54.5 cm³/mol. The number of ether oxygens (including phenoxy) is 1. The molecule has 1 fully saturated rings. The van der Waals surface area contributed by atoms with Crippen LogP contribution in [0.2, 0.25) is 5.15 Å². The Morgan fingerprint density at radius 2 is 2.43 bits per heavy atom. The van der Waals surface area contributed by atoms with E-state index in [0.717, 1.165) is 13.0 Å². The summed E-state index contributed by atoms with van der Waals surface area (Å²) in [5.74, 6) is 0.700. The molecule has 1 N–H and O–H groups in total. The molecule has 4 nitrogen and oxygen atoms in total. The standard InChI is InChI=1S/C9H12ClN3O/c1-9(2-3-14-6-9)13-8-5-11-4-7(10)12-8/h4-5H,2-3,6H2,1H3,(H,12,13). The van der Waals surface area contributed by atoms with Gasteiger partial charge in [0, 0.05) is 6.61 Å². The summed E-state index contributed by atoms with van der Waals surface area (Å²) < 4.78 is 5.32. The summed E-state index contributed by atoms with van der Waals surface area (Å²) in [6.07, 6.45) is 4.15. The Labute approximate surface area is 87.7 Å². The van der Waals surface area contributed by atoms with Gasteiger partial charge in [-0.15, -0.1) is 0 Å². The highest BCUT2D eigenvalue weighted by Crippen LogP contribution is 2.22. The first kappa shape index (κ1) is 9.68. The van der Waals surface area contributed by atoms with Crippen molar-refractivity contribution < 1.29 is 4.74 Å². The van der Waals surface area contributed by atoms with Gasteiger partial charge < -0.3 is 10.1 Å². The molecule has 5 heteroatoms. The maximum atomic E-state index is 5.73. The van der Waals surface area contributed by atoms with Gasteiger partial charge in [-0.3, -0.25) is 4.98 Å². The first-order valence-corrected chi connectivity index (χ1v) is 4.89. The molecule has 14 heavy (non-hydrogen) atoms. The largest absolute Gasteiger partial charge is 0.379 e. The quantitative estimate of drug-likeness (QED) is 0.813. The second-order valence-corrected chi connectivity index (χ2v) is 4.10. The first-order chi connectivity index (χ1) is 6.68. The Bertz CT molecular complexity index is 326. The zero-order chi connectivity index (χ0) is 10.0. The second kappa shape index (κ2) is 3.71. The number of halogens is 1. The topological polar surface area (TPSA) is 47.0 Å². The van der Waals surface area contributed by atoms with Gasteiger partial charge in [0.05, 0.1) is 24.5 Å². The van der Waals surface area contributed by atoms with E-state index in [1.54, 1.807) is 6.20 Å². The lowest BCUT2D eigenvalue weighted by atomic mass is 10.0. The summed E-state index contributed by atoms with van der Waals surface area (Å²) in [6.45, 7) is 3.58. The Morgan fingerprint density at radius 1 is 1.57 bits per heavy atom. The van der Waals surface area contributed by atoms with Crippen molar-refractivity contribution >= 4 is 17.4 Å². The van der Waals surface area contributed by atoms with Crippen molar-refractivity contribution in [2.45, 2.75) is 18.9 Å². The van der Waals surface area contributed by atoms with Gasteiger partial charge in [0.15, 0.2) is 0 Å². The first-order valence-electron chi connectivity index (χ1n) is 4.51. The molecular formula is C9H12ClN3O. The van der Waals surface area contributed by atoms with Crippen molar-refractivity contribution in [2.24, 2.45) is 0 Å². The van der Waals surface area contributed by atoms with E-state index in [1.165, 1.54) is 6.20 Å². The summed E-state index contributed by atoms with van der Waals surface area (Å²) in [4.78, 5) is 8.08. The van der Waals surface area contributed by atoms with Crippen molar-refractivity contribution in [1.29, 1.82) is 0 Å². The lowest BCUT2D eigenvalue weighted by molar-refractivity contribution is 0.185. The monoisotopic (exact) mass is 213 g/mol.